The van der Waals surface area contributed by atoms with Crippen LogP contribution in [0.15, 0.2) is 52.9 Å². The molecule has 7 nitrogen and oxygen atoms in total. The van der Waals surface area contributed by atoms with E-state index in [-0.39, 0.29) is 11.7 Å². The Morgan fingerprint density at radius 3 is 2.81 bits per heavy atom. The number of aromatic nitrogens is 1. The fraction of sp³-hybridized carbons (Fsp3) is 0.238. The van der Waals surface area contributed by atoms with Crippen molar-refractivity contribution in [1.29, 1.82) is 5.53 Å². The van der Waals surface area contributed by atoms with Gasteiger partial charge in [-0.2, -0.15) is 5.53 Å². The first-order valence-corrected chi connectivity index (χ1v) is 11.4. The van der Waals surface area contributed by atoms with Gasteiger partial charge in [0.1, 0.15) is 5.82 Å². The Balaban J connectivity index is 1.66. The molecular formula is C21H21Cl2N7S. The third-order valence-electron chi connectivity index (χ3n) is 5.18. The zero-order valence-electron chi connectivity index (χ0n) is 16.5. The lowest BCUT2D eigenvalue weighted by molar-refractivity contribution is 0.465. The maximum atomic E-state index is 7.22. The van der Waals surface area contributed by atoms with Crippen molar-refractivity contribution in [2.75, 3.05) is 24.1 Å². The van der Waals surface area contributed by atoms with Crippen LogP contribution in [0.1, 0.15) is 29.2 Å². The SMILES string of the molecule is N=N/N=C(\Nc1cccc(Cl)c1Cl)c1cc(-c2ccc(C3CCNCC3)s2)cnc1N. The normalized spacial score (nSPS) is 15.1. The fourth-order valence-electron chi connectivity index (χ4n) is 3.56. The molecule has 1 aliphatic heterocycles. The minimum atomic E-state index is 0.265. The second-order valence-corrected chi connectivity index (χ2v) is 9.06. The Bertz CT molecular complexity index is 1120. The fourth-order valence-corrected chi connectivity index (χ4v) is 5.06. The number of thiophene rings is 1. The zero-order valence-corrected chi connectivity index (χ0v) is 18.9. The summed E-state index contributed by atoms with van der Waals surface area (Å²) in [5.74, 6) is 1.13. The van der Waals surface area contributed by atoms with E-state index in [1.165, 1.54) is 4.88 Å². The summed E-state index contributed by atoms with van der Waals surface area (Å²) in [5.41, 5.74) is 15.4. The summed E-state index contributed by atoms with van der Waals surface area (Å²) in [6.07, 6.45) is 4.05. The Hall–Kier alpha value is -2.52. The van der Waals surface area contributed by atoms with E-state index in [0.29, 0.717) is 27.2 Å². The molecule has 1 saturated heterocycles. The summed E-state index contributed by atoms with van der Waals surface area (Å²) in [6, 6.07) is 11.4. The molecule has 5 N–H and O–H groups in total. The van der Waals surface area contributed by atoms with Crippen LogP contribution in [0.3, 0.4) is 0 Å². The molecule has 0 amide bonds. The van der Waals surface area contributed by atoms with Crippen molar-refractivity contribution in [2.45, 2.75) is 18.8 Å². The van der Waals surface area contributed by atoms with E-state index in [9.17, 15) is 0 Å². The Morgan fingerprint density at radius 2 is 2.03 bits per heavy atom. The molecule has 3 aromatic rings. The number of halogens is 2. The molecule has 0 atom stereocenters. The number of nitrogens with two attached hydrogens (primary N) is 1. The quantitative estimate of drug-likeness (QED) is 0.158. The van der Waals surface area contributed by atoms with Gasteiger partial charge in [-0.05, 0) is 62.2 Å². The van der Waals surface area contributed by atoms with Gasteiger partial charge in [0.25, 0.3) is 0 Å². The van der Waals surface area contributed by atoms with Crippen molar-refractivity contribution in [3.63, 3.8) is 0 Å². The van der Waals surface area contributed by atoms with Crippen molar-refractivity contribution in [2.24, 2.45) is 10.3 Å². The molecule has 10 heteroatoms. The van der Waals surface area contributed by atoms with Crippen LogP contribution in [-0.4, -0.2) is 23.9 Å². The second-order valence-electron chi connectivity index (χ2n) is 7.16. The van der Waals surface area contributed by atoms with Crippen LogP contribution in [0.25, 0.3) is 10.4 Å². The van der Waals surface area contributed by atoms with E-state index >= 15 is 0 Å². The molecule has 0 unspecified atom stereocenters. The largest absolute Gasteiger partial charge is 0.383 e. The molecule has 1 fully saturated rings. The molecular weight excluding hydrogens is 453 g/mol. The molecule has 1 aliphatic rings. The predicted molar refractivity (Wildman–Crippen MR) is 129 cm³/mol. The van der Waals surface area contributed by atoms with Gasteiger partial charge in [-0.15, -0.1) is 16.4 Å². The van der Waals surface area contributed by atoms with E-state index < -0.39 is 0 Å². The van der Waals surface area contributed by atoms with Crippen LogP contribution in [-0.2, 0) is 0 Å². The number of anilines is 2. The highest BCUT2D eigenvalue weighted by Gasteiger charge is 2.19. The summed E-state index contributed by atoms with van der Waals surface area (Å²) < 4.78 is 0. The van der Waals surface area contributed by atoms with Crippen LogP contribution in [0.4, 0.5) is 11.5 Å². The summed E-state index contributed by atoms with van der Waals surface area (Å²) in [5, 5.41) is 14.3. The van der Waals surface area contributed by atoms with Crippen LogP contribution < -0.4 is 16.4 Å². The number of nitrogen functional groups attached to an aromatic ring is 1. The Kier molecular flexibility index (Phi) is 6.82. The third kappa shape index (κ3) is 4.88. The van der Waals surface area contributed by atoms with E-state index in [1.54, 1.807) is 35.7 Å². The van der Waals surface area contributed by atoms with Crippen molar-refractivity contribution >= 4 is 51.9 Å². The molecule has 0 aliphatic carbocycles. The minimum Gasteiger partial charge on any atom is -0.383 e. The Morgan fingerprint density at radius 1 is 1.23 bits per heavy atom. The van der Waals surface area contributed by atoms with Crippen molar-refractivity contribution < 1.29 is 0 Å². The first kappa shape index (κ1) is 21.7. The van der Waals surface area contributed by atoms with Gasteiger partial charge < -0.3 is 16.4 Å². The number of hydrogen-bond acceptors (Lipinski definition) is 6. The number of hydrogen-bond donors (Lipinski definition) is 4. The van der Waals surface area contributed by atoms with Gasteiger partial charge in [0, 0.05) is 21.5 Å². The van der Waals surface area contributed by atoms with Gasteiger partial charge in [0.2, 0.25) is 0 Å². The number of benzene rings is 1. The van der Waals surface area contributed by atoms with Crippen LogP contribution in [0, 0.1) is 5.53 Å². The monoisotopic (exact) mass is 473 g/mol. The maximum absolute atomic E-state index is 7.22. The van der Waals surface area contributed by atoms with Gasteiger partial charge in [-0.1, -0.05) is 34.5 Å². The lowest BCUT2D eigenvalue weighted by atomic mass is 9.97. The summed E-state index contributed by atoms with van der Waals surface area (Å²) in [6.45, 7) is 2.11. The average Bonchev–Trinajstić information content (AvgIpc) is 3.28. The van der Waals surface area contributed by atoms with Crippen LogP contribution >= 0.6 is 34.5 Å². The standard InChI is InChI=1S/C21H21Cl2N7S/c22-15-2-1-3-16(19(15)23)28-21(29-30-25)14-10-13(11-27-20(14)24)18-5-4-17(31-18)12-6-8-26-9-7-12/h1-5,10-12,26H,6-9H2,(H2,24,27)(H2,25,28,29). The van der Waals surface area contributed by atoms with Gasteiger partial charge in [-0.3, -0.25) is 0 Å². The average molecular weight is 474 g/mol. The highest BCUT2D eigenvalue weighted by Crippen LogP contribution is 2.36. The third-order valence-corrected chi connectivity index (χ3v) is 7.30. The highest BCUT2D eigenvalue weighted by atomic mass is 35.5. The number of pyridine rings is 1. The van der Waals surface area contributed by atoms with Crippen molar-refractivity contribution in [3.05, 3.63) is 63.1 Å². The number of nitrogens with one attached hydrogen (secondary N) is 3. The van der Waals surface area contributed by atoms with Gasteiger partial charge in [0.15, 0.2) is 5.84 Å². The smallest absolute Gasteiger partial charge is 0.165 e. The van der Waals surface area contributed by atoms with E-state index in [2.05, 4.69) is 38.1 Å². The number of rotatable bonds is 5. The second kappa shape index (κ2) is 9.74. The summed E-state index contributed by atoms with van der Waals surface area (Å²) >= 11 is 14.2. The topological polar surface area (TPSA) is 112 Å². The summed E-state index contributed by atoms with van der Waals surface area (Å²) in [4.78, 5) is 6.84. The molecule has 0 radical (unpaired) electrons. The first-order chi connectivity index (χ1) is 15.1. The molecule has 160 valence electrons. The lowest BCUT2D eigenvalue weighted by Crippen LogP contribution is -2.26. The Labute approximate surface area is 194 Å². The summed E-state index contributed by atoms with van der Waals surface area (Å²) in [7, 11) is 0. The molecule has 4 rings (SSSR count). The number of nitrogens with zero attached hydrogens (tertiary/aromatic N) is 3. The number of amidine groups is 1. The highest BCUT2D eigenvalue weighted by molar-refractivity contribution is 7.15. The van der Waals surface area contributed by atoms with E-state index in [4.69, 9.17) is 34.5 Å². The lowest BCUT2D eigenvalue weighted by Gasteiger charge is -2.21. The molecule has 1 aromatic carbocycles. The minimum absolute atomic E-state index is 0.265. The molecule has 31 heavy (non-hydrogen) atoms. The molecule has 0 bridgehead atoms. The van der Waals surface area contributed by atoms with Gasteiger partial charge >= 0.3 is 0 Å². The first-order valence-electron chi connectivity index (χ1n) is 9.79. The van der Waals surface area contributed by atoms with Gasteiger partial charge in [-0.25, -0.2) is 4.98 Å². The van der Waals surface area contributed by atoms with Crippen LogP contribution in [0.5, 0.6) is 0 Å². The van der Waals surface area contributed by atoms with Crippen molar-refractivity contribution in [1.82, 2.24) is 10.3 Å². The molecule has 3 heterocycles. The maximum Gasteiger partial charge on any atom is 0.165 e. The predicted octanol–water partition coefficient (Wildman–Crippen LogP) is 5.97. The molecule has 0 spiro atoms. The molecule has 2 aromatic heterocycles. The molecule has 0 saturated carbocycles. The van der Waals surface area contributed by atoms with Crippen molar-refractivity contribution in [3.8, 4) is 10.4 Å². The van der Waals surface area contributed by atoms with E-state index in [1.807, 2.05) is 6.07 Å². The zero-order chi connectivity index (χ0) is 21.8. The van der Waals surface area contributed by atoms with Gasteiger partial charge in [0.05, 0.1) is 21.3 Å². The number of piperidine rings is 1. The van der Waals surface area contributed by atoms with Crippen LogP contribution in [0.2, 0.25) is 10.0 Å². The van der Waals surface area contributed by atoms with E-state index in [0.717, 1.165) is 36.4 Å².